The van der Waals surface area contributed by atoms with Gasteiger partial charge >= 0.3 is 0 Å². The third kappa shape index (κ3) is 3.60. The summed E-state index contributed by atoms with van der Waals surface area (Å²) < 4.78 is 31.0. The first-order valence-corrected chi connectivity index (χ1v) is 6.69. The quantitative estimate of drug-likeness (QED) is 0.740. The molecule has 0 aliphatic rings. The molecule has 1 rings (SSSR count). The van der Waals surface area contributed by atoms with Gasteiger partial charge in [-0.05, 0) is 18.6 Å². The number of nitrogens with one attached hydrogen (secondary N) is 1. The fraction of sp³-hybridized carbons (Fsp3) is 0.455. The molecule has 1 heterocycles. The highest BCUT2D eigenvalue weighted by Gasteiger charge is 2.21. The zero-order chi connectivity index (χ0) is 12.9. The van der Waals surface area contributed by atoms with Crippen molar-refractivity contribution in [1.82, 2.24) is 4.72 Å². The van der Waals surface area contributed by atoms with E-state index < -0.39 is 16.1 Å². The minimum atomic E-state index is -3.75. The molecule has 0 amide bonds. The molecule has 94 valence electrons. The van der Waals surface area contributed by atoms with Crippen molar-refractivity contribution in [3.63, 3.8) is 0 Å². The van der Waals surface area contributed by atoms with Crippen molar-refractivity contribution in [3.05, 3.63) is 17.9 Å². The van der Waals surface area contributed by atoms with E-state index in [0.717, 1.165) is 6.42 Å². The van der Waals surface area contributed by atoms with Crippen LogP contribution in [0.1, 0.15) is 25.5 Å². The van der Waals surface area contributed by atoms with E-state index in [0.29, 0.717) is 6.42 Å². The van der Waals surface area contributed by atoms with Crippen LogP contribution < -0.4 is 4.72 Å². The first kappa shape index (κ1) is 13.8. The van der Waals surface area contributed by atoms with Crippen LogP contribution in [0.4, 0.5) is 0 Å². The van der Waals surface area contributed by atoms with E-state index in [-0.39, 0.29) is 17.5 Å². The summed E-state index contributed by atoms with van der Waals surface area (Å²) in [5.74, 6) is 2.56. The highest BCUT2D eigenvalue weighted by Crippen LogP contribution is 2.14. The molecule has 0 radical (unpaired) electrons. The zero-order valence-electron chi connectivity index (χ0n) is 9.51. The average Bonchev–Trinajstić information content (AvgIpc) is 2.77. The molecular formula is C11H15NO4S. The smallest absolute Gasteiger partial charge is 0.275 e. The Labute approximate surface area is 101 Å². The largest absolute Gasteiger partial charge is 0.446 e. The summed E-state index contributed by atoms with van der Waals surface area (Å²) >= 11 is 0. The summed E-state index contributed by atoms with van der Waals surface area (Å²) in [4.78, 5) is 0. The Morgan fingerprint density at radius 1 is 1.59 bits per heavy atom. The Morgan fingerprint density at radius 2 is 2.29 bits per heavy atom. The van der Waals surface area contributed by atoms with Crippen molar-refractivity contribution in [1.29, 1.82) is 0 Å². The Kier molecular flexibility index (Phi) is 4.75. The van der Waals surface area contributed by atoms with Gasteiger partial charge in [-0.2, -0.15) is 4.72 Å². The summed E-state index contributed by atoms with van der Waals surface area (Å²) in [6.07, 6.45) is 6.56. The van der Waals surface area contributed by atoms with Crippen molar-refractivity contribution >= 4 is 10.0 Å². The first-order chi connectivity index (χ1) is 8.03. The lowest BCUT2D eigenvalue weighted by molar-refractivity contribution is 0.236. The first-order valence-electron chi connectivity index (χ1n) is 5.21. The monoisotopic (exact) mass is 257 g/mol. The molecule has 6 heteroatoms. The van der Waals surface area contributed by atoms with E-state index in [1.807, 2.05) is 6.92 Å². The Balaban J connectivity index is 2.85. The van der Waals surface area contributed by atoms with E-state index in [1.54, 1.807) is 0 Å². The Hall–Kier alpha value is -1.29. The molecule has 0 saturated carbocycles. The van der Waals surface area contributed by atoms with Crippen LogP contribution in [0.5, 0.6) is 0 Å². The summed E-state index contributed by atoms with van der Waals surface area (Å²) in [6.45, 7) is 1.57. The summed E-state index contributed by atoms with van der Waals surface area (Å²) in [5.41, 5.74) is 0. The maximum atomic E-state index is 11.8. The molecular weight excluding hydrogens is 242 g/mol. The Bertz CT molecular complexity index is 498. The van der Waals surface area contributed by atoms with E-state index >= 15 is 0 Å². The van der Waals surface area contributed by atoms with Crippen LogP contribution in [-0.4, -0.2) is 19.6 Å². The van der Waals surface area contributed by atoms with Gasteiger partial charge in [0.1, 0.15) is 12.4 Å². The minimum Gasteiger partial charge on any atom is -0.446 e. The van der Waals surface area contributed by atoms with Crippen LogP contribution in [0, 0.1) is 12.3 Å². The molecule has 0 spiro atoms. The van der Waals surface area contributed by atoms with Crippen molar-refractivity contribution in [3.8, 4) is 12.3 Å². The number of furan rings is 1. The van der Waals surface area contributed by atoms with Gasteiger partial charge in [-0.25, -0.2) is 8.42 Å². The van der Waals surface area contributed by atoms with Gasteiger partial charge in [-0.3, -0.25) is 0 Å². The lowest BCUT2D eigenvalue weighted by atomic mass is 10.2. The van der Waals surface area contributed by atoms with E-state index in [1.165, 1.54) is 12.1 Å². The Morgan fingerprint density at radius 3 is 2.76 bits per heavy atom. The molecule has 0 aliphatic carbocycles. The number of hydrogen-bond acceptors (Lipinski definition) is 4. The number of terminal acetylenes is 1. The highest BCUT2D eigenvalue weighted by atomic mass is 32.2. The van der Waals surface area contributed by atoms with Gasteiger partial charge in [0.2, 0.25) is 5.09 Å². The lowest BCUT2D eigenvalue weighted by Crippen LogP contribution is -2.33. The second-order valence-electron chi connectivity index (χ2n) is 3.51. The predicted molar refractivity (Wildman–Crippen MR) is 62.5 cm³/mol. The van der Waals surface area contributed by atoms with E-state index in [9.17, 15) is 8.42 Å². The maximum Gasteiger partial charge on any atom is 0.275 e. The van der Waals surface area contributed by atoms with Crippen molar-refractivity contribution in [2.75, 3.05) is 0 Å². The zero-order valence-corrected chi connectivity index (χ0v) is 10.3. The van der Waals surface area contributed by atoms with Gasteiger partial charge in [-0.1, -0.05) is 19.3 Å². The normalized spacial score (nSPS) is 13.2. The van der Waals surface area contributed by atoms with Crippen LogP contribution in [0.15, 0.2) is 21.6 Å². The third-order valence-corrected chi connectivity index (χ3v) is 3.48. The van der Waals surface area contributed by atoms with Gasteiger partial charge in [0.05, 0.1) is 6.04 Å². The molecule has 1 unspecified atom stereocenters. The number of aliphatic hydroxyl groups is 1. The second kappa shape index (κ2) is 5.87. The van der Waals surface area contributed by atoms with Gasteiger partial charge in [0.15, 0.2) is 0 Å². The standard InChI is InChI=1S/C11H15NO4S/c1-3-5-9(4-2)12-17(14,15)11-7-6-10(8-13)16-11/h2,6-7,9,12-13H,3,5,8H2,1H3. The van der Waals surface area contributed by atoms with Gasteiger partial charge in [0, 0.05) is 0 Å². The van der Waals surface area contributed by atoms with Crippen molar-refractivity contribution < 1.29 is 17.9 Å². The molecule has 0 aromatic carbocycles. The average molecular weight is 257 g/mol. The number of aliphatic hydroxyl groups excluding tert-OH is 1. The summed E-state index contributed by atoms with van der Waals surface area (Å²) in [7, 11) is -3.75. The van der Waals surface area contributed by atoms with Crippen molar-refractivity contribution in [2.45, 2.75) is 37.5 Å². The topological polar surface area (TPSA) is 79.5 Å². The van der Waals surface area contributed by atoms with Crippen LogP contribution >= 0.6 is 0 Å². The van der Waals surface area contributed by atoms with Gasteiger partial charge in [0.25, 0.3) is 10.0 Å². The van der Waals surface area contributed by atoms with Gasteiger partial charge in [-0.15, -0.1) is 6.42 Å². The van der Waals surface area contributed by atoms with Crippen molar-refractivity contribution in [2.24, 2.45) is 0 Å². The number of rotatable bonds is 6. The molecule has 0 bridgehead atoms. The number of hydrogen-bond donors (Lipinski definition) is 2. The molecule has 1 atom stereocenters. The third-order valence-electron chi connectivity index (χ3n) is 2.13. The highest BCUT2D eigenvalue weighted by molar-refractivity contribution is 7.89. The second-order valence-corrected chi connectivity index (χ2v) is 5.15. The maximum absolute atomic E-state index is 11.8. The summed E-state index contributed by atoms with van der Waals surface area (Å²) in [5, 5.41) is 8.55. The molecule has 2 N–H and O–H groups in total. The fourth-order valence-corrected chi connectivity index (χ4v) is 2.44. The fourth-order valence-electron chi connectivity index (χ4n) is 1.30. The van der Waals surface area contributed by atoms with Gasteiger partial charge < -0.3 is 9.52 Å². The van der Waals surface area contributed by atoms with Crippen LogP contribution in [-0.2, 0) is 16.6 Å². The van der Waals surface area contributed by atoms with E-state index in [4.69, 9.17) is 15.9 Å². The molecule has 17 heavy (non-hydrogen) atoms. The molecule has 1 aromatic heterocycles. The van der Waals surface area contributed by atoms with Crippen LogP contribution in [0.25, 0.3) is 0 Å². The van der Waals surface area contributed by atoms with E-state index in [2.05, 4.69) is 10.6 Å². The van der Waals surface area contributed by atoms with Crippen LogP contribution in [0.3, 0.4) is 0 Å². The molecule has 0 fully saturated rings. The molecule has 5 nitrogen and oxygen atoms in total. The van der Waals surface area contributed by atoms with Crippen LogP contribution in [0.2, 0.25) is 0 Å². The SMILES string of the molecule is C#CC(CCC)NS(=O)(=O)c1ccc(CO)o1. The predicted octanol–water partition coefficient (Wildman–Crippen LogP) is 0.852. The molecule has 0 aliphatic heterocycles. The minimum absolute atomic E-state index is 0.193. The number of sulfonamides is 1. The molecule has 1 aromatic rings. The lowest BCUT2D eigenvalue weighted by Gasteiger charge is -2.10. The molecule has 0 saturated heterocycles. The summed E-state index contributed by atoms with van der Waals surface area (Å²) in [6, 6.07) is 2.14.